The smallest absolute Gasteiger partial charge is 0.148 e. The van der Waals surface area contributed by atoms with Crippen LogP contribution in [0.2, 0.25) is 0 Å². The summed E-state index contributed by atoms with van der Waals surface area (Å²) in [5.74, 6) is 0.274. The van der Waals surface area contributed by atoms with Crippen LogP contribution in [-0.4, -0.2) is 33.0 Å². The molecule has 0 aliphatic carbocycles. The Kier molecular flexibility index (Phi) is 9.84. The van der Waals surface area contributed by atoms with Gasteiger partial charge in [0.05, 0.1) is 5.75 Å². The molecule has 0 aromatic carbocycles. The third-order valence-corrected chi connectivity index (χ3v) is 3.91. The fourth-order valence-corrected chi connectivity index (χ4v) is 3.08. The van der Waals surface area contributed by atoms with Crippen molar-refractivity contribution in [3.05, 3.63) is 0 Å². The normalized spacial score (nSPS) is 13.8. The second-order valence-electron chi connectivity index (χ2n) is 4.90. The predicted octanol–water partition coefficient (Wildman–Crippen LogP) is 2.76. The molecule has 0 heterocycles. The van der Waals surface area contributed by atoms with Gasteiger partial charge in [0, 0.05) is 12.3 Å². The molecule has 3 nitrogen and oxygen atoms in total. The minimum Gasteiger partial charge on any atom is -0.313 e. The molecule has 1 N–H and O–H groups in total. The van der Waals surface area contributed by atoms with Gasteiger partial charge < -0.3 is 5.32 Å². The highest BCUT2D eigenvalue weighted by atomic mass is 32.2. The molecule has 17 heavy (non-hydrogen) atoms. The van der Waals surface area contributed by atoms with E-state index in [4.69, 9.17) is 0 Å². The molecule has 0 aliphatic heterocycles. The second kappa shape index (κ2) is 9.89. The predicted molar refractivity (Wildman–Crippen MR) is 75.2 cm³/mol. The highest BCUT2D eigenvalue weighted by Gasteiger charge is 2.13. The zero-order valence-corrected chi connectivity index (χ0v) is 12.5. The van der Waals surface area contributed by atoms with Gasteiger partial charge in [0.15, 0.2) is 0 Å². The van der Waals surface area contributed by atoms with Crippen LogP contribution in [0.15, 0.2) is 0 Å². The van der Waals surface area contributed by atoms with E-state index in [2.05, 4.69) is 12.2 Å². The Morgan fingerprint density at radius 1 is 1.00 bits per heavy atom. The van der Waals surface area contributed by atoms with Gasteiger partial charge in [-0.3, -0.25) is 0 Å². The molecule has 0 bridgehead atoms. The molecule has 0 fully saturated rings. The van der Waals surface area contributed by atoms with Crippen molar-refractivity contribution in [2.24, 2.45) is 0 Å². The van der Waals surface area contributed by atoms with Gasteiger partial charge in [-0.25, -0.2) is 8.42 Å². The van der Waals surface area contributed by atoms with E-state index in [0.29, 0.717) is 0 Å². The Balaban J connectivity index is 3.70. The average Bonchev–Trinajstić information content (AvgIpc) is 2.21. The summed E-state index contributed by atoms with van der Waals surface area (Å²) in [7, 11) is -2.86. The summed E-state index contributed by atoms with van der Waals surface area (Å²) in [6.45, 7) is 5.08. The standard InChI is InChI=1S/C13H29NO2S/c1-4-6-7-8-9-10-11-13(14-5-2)12-17(3,15)16/h13-14H,4-12H2,1-3H3. The van der Waals surface area contributed by atoms with E-state index in [-0.39, 0.29) is 11.8 Å². The van der Waals surface area contributed by atoms with Crippen LogP contribution in [0.4, 0.5) is 0 Å². The van der Waals surface area contributed by atoms with Gasteiger partial charge in [0.2, 0.25) is 0 Å². The molecule has 4 heteroatoms. The van der Waals surface area contributed by atoms with Crippen molar-refractivity contribution >= 4 is 9.84 Å². The van der Waals surface area contributed by atoms with E-state index in [9.17, 15) is 8.42 Å². The van der Waals surface area contributed by atoms with Crippen LogP contribution >= 0.6 is 0 Å². The van der Waals surface area contributed by atoms with Crippen molar-refractivity contribution < 1.29 is 8.42 Å². The second-order valence-corrected chi connectivity index (χ2v) is 7.09. The van der Waals surface area contributed by atoms with Crippen molar-refractivity contribution in [1.29, 1.82) is 0 Å². The van der Waals surface area contributed by atoms with E-state index < -0.39 is 9.84 Å². The van der Waals surface area contributed by atoms with Crippen molar-refractivity contribution in [3.8, 4) is 0 Å². The Hall–Kier alpha value is -0.0900. The summed E-state index contributed by atoms with van der Waals surface area (Å²) in [6, 6.07) is 0.140. The number of sulfone groups is 1. The lowest BCUT2D eigenvalue weighted by molar-refractivity contribution is 0.485. The Bertz CT molecular complexity index is 263. The maximum atomic E-state index is 11.3. The van der Waals surface area contributed by atoms with Crippen LogP contribution < -0.4 is 5.32 Å². The molecular weight excluding hydrogens is 234 g/mol. The van der Waals surface area contributed by atoms with E-state index >= 15 is 0 Å². The summed E-state index contributed by atoms with van der Waals surface area (Å²) in [5, 5.41) is 3.26. The summed E-state index contributed by atoms with van der Waals surface area (Å²) in [5.41, 5.74) is 0. The summed E-state index contributed by atoms with van der Waals surface area (Å²) in [4.78, 5) is 0. The van der Waals surface area contributed by atoms with Gasteiger partial charge >= 0.3 is 0 Å². The van der Waals surface area contributed by atoms with Crippen LogP contribution in [0.5, 0.6) is 0 Å². The SMILES string of the molecule is CCCCCCCCC(CS(C)(=O)=O)NCC. The van der Waals surface area contributed by atoms with Crippen molar-refractivity contribution in [1.82, 2.24) is 5.32 Å². The third kappa shape index (κ3) is 12.2. The molecule has 0 saturated heterocycles. The number of rotatable bonds is 11. The maximum Gasteiger partial charge on any atom is 0.148 e. The molecule has 0 radical (unpaired) electrons. The first-order valence-electron chi connectivity index (χ1n) is 6.90. The molecule has 1 atom stereocenters. The first-order valence-corrected chi connectivity index (χ1v) is 8.96. The Morgan fingerprint density at radius 3 is 2.12 bits per heavy atom. The van der Waals surface area contributed by atoms with Crippen molar-refractivity contribution in [3.63, 3.8) is 0 Å². The van der Waals surface area contributed by atoms with E-state index in [1.54, 1.807) is 0 Å². The molecule has 0 rings (SSSR count). The largest absolute Gasteiger partial charge is 0.313 e. The Labute approximate surface area is 107 Å². The topological polar surface area (TPSA) is 46.2 Å². The van der Waals surface area contributed by atoms with Gasteiger partial charge in [-0.15, -0.1) is 0 Å². The van der Waals surface area contributed by atoms with Crippen molar-refractivity contribution in [2.75, 3.05) is 18.6 Å². The first-order chi connectivity index (χ1) is 7.99. The molecule has 0 spiro atoms. The minimum absolute atomic E-state index is 0.140. The number of hydrogen-bond donors (Lipinski definition) is 1. The van der Waals surface area contributed by atoms with Crippen molar-refractivity contribution in [2.45, 2.75) is 64.8 Å². The highest BCUT2D eigenvalue weighted by Crippen LogP contribution is 2.09. The lowest BCUT2D eigenvalue weighted by Gasteiger charge is -2.16. The summed E-state index contributed by atoms with van der Waals surface area (Å²) in [6.07, 6.45) is 9.85. The zero-order valence-electron chi connectivity index (χ0n) is 11.7. The van der Waals surface area contributed by atoms with Gasteiger partial charge in [-0.2, -0.15) is 0 Å². The number of nitrogens with one attached hydrogen (secondary N) is 1. The fourth-order valence-electron chi connectivity index (χ4n) is 2.07. The summed E-state index contributed by atoms with van der Waals surface area (Å²) >= 11 is 0. The fraction of sp³-hybridized carbons (Fsp3) is 1.00. The Morgan fingerprint density at radius 2 is 1.59 bits per heavy atom. The number of unbranched alkanes of at least 4 members (excludes halogenated alkanes) is 5. The first kappa shape index (κ1) is 16.9. The average molecular weight is 263 g/mol. The monoisotopic (exact) mass is 263 g/mol. The van der Waals surface area contributed by atoms with Crippen LogP contribution in [0.1, 0.15) is 58.8 Å². The van der Waals surface area contributed by atoms with Crippen LogP contribution in [0, 0.1) is 0 Å². The van der Waals surface area contributed by atoms with Crippen LogP contribution in [0.3, 0.4) is 0 Å². The molecule has 0 aromatic heterocycles. The molecule has 0 amide bonds. The molecule has 0 saturated carbocycles. The molecular formula is C13H29NO2S. The summed E-state index contributed by atoms with van der Waals surface area (Å²) < 4.78 is 22.5. The maximum absolute atomic E-state index is 11.3. The molecule has 0 aromatic rings. The number of hydrogen-bond acceptors (Lipinski definition) is 3. The van der Waals surface area contributed by atoms with Gasteiger partial charge in [0.25, 0.3) is 0 Å². The third-order valence-electron chi connectivity index (χ3n) is 2.90. The van der Waals surface area contributed by atoms with Crippen LogP contribution in [-0.2, 0) is 9.84 Å². The quantitative estimate of drug-likeness (QED) is 0.583. The van der Waals surface area contributed by atoms with Gasteiger partial charge in [-0.1, -0.05) is 52.4 Å². The lowest BCUT2D eigenvalue weighted by Crippen LogP contribution is -2.35. The van der Waals surface area contributed by atoms with Crippen LogP contribution in [0.25, 0.3) is 0 Å². The zero-order chi connectivity index (χ0) is 13.1. The van der Waals surface area contributed by atoms with Gasteiger partial charge in [-0.05, 0) is 13.0 Å². The van der Waals surface area contributed by atoms with E-state index in [1.807, 2.05) is 6.92 Å². The van der Waals surface area contributed by atoms with E-state index in [1.165, 1.54) is 38.4 Å². The molecule has 1 unspecified atom stereocenters. The molecule has 0 aliphatic rings. The van der Waals surface area contributed by atoms with E-state index in [0.717, 1.165) is 19.4 Å². The molecule has 104 valence electrons. The lowest BCUT2D eigenvalue weighted by atomic mass is 10.1. The van der Waals surface area contributed by atoms with Gasteiger partial charge in [0.1, 0.15) is 9.84 Å². The highest BCUT2D eigenvalue weighted by molar-refractivity contribution is 7.90. The minimum atomic E-state index is -2.86.